The van der Waals surface area contributed by atoms with Crippen molar-refractivity contribution in [3.63, 3.8) is 0 Å². The standard InChI is InChI=1S/C15H22N4O2/c1-11(2)7-8-16-14(20)17-9-10-19-13-6-4-3-5-12(13)18-15(19)21/h3-6,11H,7-10H2,1-2H3,(H,18,21)(H2,16,17,20). The van der Waals surface area contributed by atoms with Crippen molar-refractivity contribution in [2.24, 2.45) is 5.92 Å². The Morgan fingerprint density at radius 3 is 2.71 bits per heavy atom. The van der Waals surface area contributed by atoms with Crippen LogP contribution in [0.1, 0.15) is 20.3 Å². The molecule has 0 saturated heterocycles. The second kappa shape index (κ2) is 6.97. The maximum Gasteiger partial charge on any atom is 0.326 e. The minimum atomic E-state index is -0.191. The molecule has 0 atom stereocenters. The Hall–Kier alpha value is -2.24. The van der Waals surface area contributed by atoms with Gasteiger partial charge in [0.05, 0.1) is 11.0 Å². The Labute approximate surface area is 123 Å². The van der Waals surface area contributed by atoms with Crippen molar-refractivity contribution >= 4 is 17.1 Å². The molecule has 0 spiro atoms. The number of hydrogen-bond acceptors (Lipinski definition) is 2. The minimum Gasteiger partial charge on any atom is -0.338 e. The van der Waals surface area contributed by atoms with Crippen LogP contribution in [-0.4, -0.2) is 28.7 Å². The summed E-state index contributed by atoms with van der Waals surface area (Å²) in [5, 5.41) is 5.56. The summed E-state index contributed by atoms with van der Waals surface area (Å²) in [6.45, 7) is 5.75. The van der Waals surface area contributed by atoms with Crippen LogP contribution in [0.15, 0.2) is 29.1 Å². The molecule has 1 heterocycles. The first kappa shape index (κ1) is 15.2. The first-order valence-electron chi connectivity index (χ1n) is 7.27. The number of aromatic amines is 1. The summed E-state index contributed by atoms with van der Waals surface area (Å²) in [6.07, 6.45) is 0.954. The van der Waals surface area contributed by atoms with Gasteiger partial charge in [0.15, 0.2) is 0 Å². The number of para-hydroxylation sites is 2. The number of nitrogens with zero attached hydrogens (tertiary/aromatic N) is 1. The number of benzene rings is 1. The molecule has 0 saturated carbocycles. The van der Waals surface area contributed by atoms with Crippen molar-refractivity contribution < 1.29 is 4.79 Å². The molecule has 0 radical (unpaired) electrons. The summed E-state index contributed by atoms with van der Waals surface area (Å²) in [5.41, 5.74) is 1.51. The van der Waals surface area contributed by atoms with Crippen LogP contribution < -0.4 is 16.3 Å². The van der Waals surface area contributed by atoms with Gasteiger partial charge >= 0.3 is 11.7 Å². The monoisotopic (exact) mass is 290 g/mol. The smallest absolute Gasteiger partial charge is 0.326 e. The van der Waals surface area contributed by atoms with Gasteiger partial charge in [-0.05, 0) is 24.5 Å². The van der Waals surface area contributed by atoms with E-state index in [1.165, 1.54) is 0 Å². The SMILES string of the molecule is CC(C)CCNC(=O)NCCn1c(=O)[nH]c2ccccc21. The van der Waals surface area contributed by atoms with E-state index in [1.54, 1.807) is 4.57 Å². The maximum atomic E-state index is 11.8. The fourth-order valence-electron chi connectivity index (χ4n) is 2.15. The molecule has 2 amide bonds. The Bertz CT molecular complexity index is 657. The Balaban J connectivity index is 1.84. The van der Waals surface area contributed by atoms with Crippen molar-refractivity contribution in [2.45, 2.75) is 26.8 Å². The van der Waals surface area contributed by atoms with Gasteiger partial charge in [-0.15, -0.1) is 0 Å². The average Bonchev–Trinajstić information content (AvgIpc) is 2.75. The van der Waals surface area contributed by atoms with Gasteiger partial charge in [0, 0.05) is 19.6 Å². The van der Waals surface area contributed by atoms with Crippen molar-refractivity contribution in [1.82, 2.24) is 20.2 Å². The molecule has 21 heavy (non-hydrogen) atoms. The van der Waals surface area contributed by atoms with E-state index in [0.29, 0.717) is 25.6 Å². The third-order valence-corrected chi connectivity index (χ3v) is 3.31. The lowest BCUT2D eigenvalue weighted by atomic mass is 10.1. The predicted molar refractivity (Wildman–Crippen MR) is 83.4 cm³/mol. The highest BCUT2D eigenvalue weighted by Crippen LogP contribution is 2.08. The second-order valence-corrected chi connectivity index (χ2v) is 5.46. The molecule has 0 fully saturated rings. The normalized spacial score (nSPS) is 11.0. The molecule has 6 heteroatoms. The summed E-state index contributed by atoms with van der Waals surface area (Å²) < 4.78 is 1.63. The second-order valence-electron chi connectivity index (χ2n) is 5.46. The van der Waals surface area contributed by atoms with E-state index in [-0.39, 0.29) is 11.7 Å². The molecule has 2 aromatic rings. The minimum absolute atomic E-state index is 0.154. The summed E-state index contributed by atoms with van der Waals surface area (Å²) in [4.78, 5) is 26.2. The van der Waals surface area contributed by atoms with Crippen LogP contribution in [0.2, 0.25) is 0 Å². The van der Waals surface area contributed by atoms with Crippen LogP contribution in [0.5, 0.6) is 0 Å². The number of hydrogen-bond donors (Lipinski definition) is 3. The van der Waals surface area contributed by atoms with Gasteiger partial charge < -0.3 is 15.6 Å². The van der Waals surface area contributed by atoms with Crippen LogP contribution >= 0.6 is 0 Å². The Morgan fingerprint density at radius 1 is 1.24 bits per heavy atom. The summed E-state index contributed by atoms with van der Waals surface area (Å²) >= 11 is 0. The van der Waals surface area contributed by atoms with Crippen LogP contribution in [0.4, 0.5) is 4.79 Å². The number of amides is 2. The number of aromatic nitrogens is 2. The molecule has 0 aliphatic heterocycles. The van der Waals surface area contributed by atoms with Crippen molar-refractivity contribution in [3.8, 4) is 0 Å². The highest BCUT2D eigenvalue weighted by atomic mass is 16.2. The Kier molecular flexibility index (Phi) is 5.03. The van der Waals surface area contributed by atoms with Gasteiger partial charge in [-0.3, -0.25) is 4.57 Å². The number of nitrogens with one attached hydrogen (secondary N) is 3. The molecule has 1 aromatic carbocycles. The molecular weight excluding hydrogens is 268 g/mol. The number of fused-ring (bicyclic) bond motifs is 1. The van der Waals surface area contributed by atoms with Gasteiger partial charge in [0.1, 0.15) is 0 Å². The van der Waals surface area contributed by atoms with Gasteiger partial charge in [0.25, 0.3) is 0 Å². The third kappa shape index (κ3) is 4.11. The average molecular weight is 290 g/mol. The lowest BCUT2D eigenvalue weighted by Crippen LogP contribution is -2.38. The highest BCUT2D eigenvalue weighted by Gasteiger charge is 2.06. The molecule has 0 aliphatic carbocycles. The van der Waals surface area contributed by atoms with E-state index < -0.39 is 0 Å². The Morgan fingerprint density at radius 2 is 1.95 bits per heavy atom. The first-order chi connectivity index (χ1) is 10.1. The zero-order valence-electron chi connectivity index (χ0n) is 12.5. The van der Waals surface area contributed by atoms with Crippen LogP contribution in [-0.2, 0) is 6.54 Å². The fourth-order valence-corrected chi connectivity index (χ4v) is 2.15. The molecule has 1 aromatic heterocycles. The van der Waals surface area contributed by atoms with E-state index in [4.69, 9.17) is 0 Å². The van der Waals surface area contributed by atoms with Crippen LogP contribution in [0, 0.1) is 5.92 Å². The predicted octanol–water partition coefficient (Wildman–Crippen LogP) is 1.67. The van der Waals surface area contributed by atoms with Crippen LogP contribution in [0.25, 0.3) is 11.0 Å². The molecular formula is C15H22N4O2. The van der Waals surface area contributed by atoms with Gasteiger partial charge in [-0.25, -0.2) is 9.59 Å². The van der Waals surface area contributed by atoms with E-state index in [9.17, 15) is 9.59 Å². The molecule has 0 aliphatic rings. The van der Waals surface area contributed by atoms with Gasteiger partial charge in [0.2, 0.25) is 0 Å². The van der Waals surface area contributed by atoms with E-state index in [0.717, 1.165) is 17.5 Å². The molecule has 0 bridgehead atoms. The zero-order chi connectivity index (χ0) is 15.2. The molecule has 2 rings (SSSR count). The lowest BCUT2D eigenvalue weighted by molar-refractivity contribution is 0.240. The zero-order valence-corrected chi connectivity index (χ0v) is 12.5. The number of carbonyl (C=O) groups is 1. The lowest BCUT2D eigenvalue weighted by Gasteiger charge is -2.09. The summed E-state index contributed by atoms with van der Waals surface area (Å²) in [5.74, 6) is 0.565. The van der Waals surface area contributed by atoms with Crippen molar-refractivity contribution in [1.29, 1.82) is 0 Å². The third-order valence-electron chi connectivity index (χ3n) is 3.31. The largest absolute Gasteiger partial charge is 0.338 e. The molecule has 0 unspecified atom stereocenters. The van der Waals surface area contributed by atoms with Gasteiger partial charge in [-0.1, -0.05) is 26.0 Å². The van der Waals surface area contributed by atoms with Crippen molar-refractivity contribution in [2.75, 3.05) is 13.1 Å². The van der Waals surface area contributed by atoms with Crippen LogP contribution in [0.3, 0.4) is 0 Å². The number of rotatable bonds is 6. The summed E-state index contributed by atoms with van der Waals surface area (Å²) in [6, 6.07) is 7.32. The summed E-state index contributed by atoms with van der Waals surface area (Å²) in [7, 11) is 0. The quantitative estimate of drug-likeness (QED) is 0.756. The fraction of sp³-hybridized carbons (Fsp3) is 0.467. The van der Waals surface area contributed by atoms with Gasteiger partial charge in [-0.2, -0.15) is 0 Å². The van der Waals surface area contributed by atoms with E-state index in [1.807, 2.05) is 24.3 Å². The van der Waals surface area contributed by atoms with Crippen molar-refractivity contribution in [3.05, 3.63) is 34.7 Å². The number of carbonyl (C=O) groups excluding carboxylic acids is 1. The topological polar surface area (TPSA) is 78.9 Å². The molecule has 114 valence electrons. The number of H-pyrrole nitrogens is 1. The maximum absolute atomic E-state index is 11.8. The van der Waals surface area contributed by atoms with E-state index in [2.05, 4.69) is 29.5 Å². The highest BCUT2D eigenvalue weighted by molar-refractivity contribution is 5.75. The number of urea groups is 1. The van der Waals surface area contributed by atoms with E-state index >= 15 is 0 Å². The first-order valence-corrected chi connectivity index (χ1v) is 7.27. The number of imidazole rings is 1. The molecule has 6 nitrogen and oxygen atoms in total. The molecule has 3 N–H and O–H groups in total.